The van der Waals surface area contributed by atoms with Crippen LogP contribution in [-0.2, 0) is 13.0 Å². The summed E-state index contributed by atoms with van der Waals surface area (Å²) in [6.07, 6.45) is 1.47. The molecule has 0 aliphatic carbocycles. The molecule has 45 heavy (non-hydrogen) atoms. The number of nitrogens with one attached hydrogen (secondary N) is 2. The van der Waals surface area contributed by atoms with Gasteiger partial charge in [0.25, 0.3) is 5.91 Å². The van der Waals surface area contributed by atoms with E-state index in [1.54, 1.807) is 6.07 Å². The zero-order valence-corrected chi connectivity index (χ0v) is 27.1. The van der Waals surface area contributed by atoms with Gasteiger partial charge in [-0.2, -0.15) is 5.26 Å². The Morgan fingerprint density at radius 1 is 1.00 bits per heavy atom. The first kappa shape index (κ1) is 32.5. The summed E-state index contributed by atoms with van der Waals surface area (Å²) in [5, 5.41) is 16.4. The number of aryl methyl sites for hydroxylation is 1. The monoisotopic (exact) mass is 623 g/mol. The first-order valence-corrected chi connectivity index (χ1v) is 16.0. The molecule has 1 fully saturated rings. The zero-order valence-electron chi connectivity index (χ0n) is 26.4. The van der Waals surface area contributed by atoms with E-state index in [1.807, 2.05) is 48.5 Å². The van der Waals surface area contributed by atoms with Gasteiger partial charge < -0.3 is 24.9 Å². The summed E-state index contributed by atoms with van der Waals surface area (Å²) in [6, 6.07) is 27.7. The third kappa shape index (κ3) is 9.06. The molecule has 2 atom stereocenters. The molecule has 3 aromatic carbocycles. The molecule has 2 heterocycles. The van der Waals surface area contributed by atoms with Crippen LogP contribution in [0.3, 0.4) is 0 Å². The molecule has 0 spiro atoms. The molecule has 0 radical (unpaired) electrons. The molecule has 0 bridgehead atoms. The summed E-state index contributed by atoms with van der Waals surface area (Å²) in [6.45, 7) is 9.84. The fourth-order valence-corrected chi connectivity index (χ4v) is 5.81. The molecule has 0 saturated carbocycles. The zero-order chi connectivity index (χ0) is 31.8. The minimum absolute atomic E-state index is 0.0957. The molecular weight excluding hydrogens is 582 g/mol. The van der Waals surface area contributed by atoms with Gasteiger partial charge in [0, 0.05) is 50.4 Å². The molecular formula is C37H42ClN5O2. The van der Waals surface area contributed by atoms with Crippen LogP contribution < -0.4 is 10.6 Å². The van der Waals surface area contributed by atoms with Crippen LogP contribution in [-0.4, -0.2) is 61.5 Å². The highest BCUT2D eigenvalue weighted by atomic mass is 35.5. The largest absolute Gasteiger partial charge is 0.460 e. The number of furan rings is 1. The highest BCUT2D eigenvalue weighted by Gasteiger charge is 2.21. The van der Waals surface area contributed by atoms with E-state index in [-0.39, 0.29) is 18.0 Å². The molecule has 1 aliphatic rings. The first-order valence-electron chi connectivity index (χ1n) is 15.7. The van der Waals surface area contributed by atoms with Gasteiger partial charge in [0.15, 0.2) is 0 Å². The lowest BCUT2D eigenvalue weighted by Gasteiger charge is -2.33. The molecule has 4 aromatic rings. The van der Waals surface area contributed by atoms with Crippen LogP contribution in [0.4, 0.5) is 0 Å². The fourth-order valence-electron chi connectivity index (χ4n) is 5.61. The lowest BCUT2D eigenvalue weighted by Crippen LogP contribution is -2.46. The van der Waals surface area contributed by atoms with Crippen molar-refractivity contribution in [3.05, 3.63) is 117 Å². The highest BCUT2D eigenvalue weighted by Crippen LogP contribution is 2.28. The van der Waals surface area contributed by atoms with E-state index in [0.29, 0.717) is 34.9 Å². The van der Waals surface area contributed by atoms with Crippen molar-refractivity contribution < 1.29 is 9.21 Å². The van der Waals surface area contributed by atoms with Gasteiger partial charge in [-0.05, 0) is 87.3 Å². The van der Waals surface area contributed by atoms with E-state index < -0.39 is 0 Å². The predicted octanol–water partition coefficient (Wildman–Crippen LogP) is 6.61. The topological polar surface area (TPSA) is 84.5 Å². The number of nitriles is 1. The molecule has 1 unspecified atom stereocenters. The van der Waals surface area contributed by atoms with Crippen LogP contribution in [0.25, 0.3) is 11.3 Å². The maximum atomic E-state index is 13.7. The SMILES string of the molecule is Cc1ccc(C(C)NCc2ccc(-c3ccc(Cl)c(C(=O)N[C@@H](CCN4CCN(C)CC4)Cc4ccc(C#N)cc4)c3)o2)cc1. The second kappa shape index (κ2) is 15.4. The normalized spacial score (nSPS) is 15.4. The Balaban J connectivity index is 1.25. The summed E-state index contributed by atoms with van der Waals surface area (Å²) in [4.78, 5) is 18.5. The van der Waals surface area contributed by atoms with E-state index in [0.717, 1.165) is 56.0 Å². The summed E-state index contributed by atoms with van der Waals surface area (Å²) >= 11 is 6.58. The number of rotatable bonds is 12. The fraction of sp³-hybridized carbons (Fsp3) is 0.351. The molecule has 234 valence electrons. The van der Waals surface area contributed by atoms with Crippen molar-refractivity contribution in [2.24, 2.45) is 0 Å². The second-order valence-corrected chi connectivity index (χ2v) is 12.5. The number of likely N-dealkylation sites (N-methyl/N-ethyl adjacent to an activating group) is 1. The van der Waals surface area contributed by atoms with Crippen LogP contribution >= 0.6 is 11.6 Å². The van der Waals surface area contributed by atoms with Gasteiger partial charge in [-0.1, -0.05) is 53.6 Å². The van der Waals surface area contributed by atoms with E-state index in [4.69, 9.17) is 16.0 Å². The molecule has 7 nitrogen and oxygen atoms in total. The average molecular weight is 624 g/mol. The Morgan fingerprint density at radius 3 is 2.44 bits per heavy atom. The number of benzene rings is 3. The van der Waals surface area contributed by atoms with Crippen LogP contribution in [0, 0.1) is 18.3 Å². The van der Waals surface area contributed by atoms with Crippen LogP contribution in [0.2, 0.25) is 5.02 Å². The highest BCUT2D eigenvalue weighted by molar-refractivity contribution is 6.34. The minimum atomic E-state index is -0.209. The van der Waals surface area contributed by atoms with E-state index in [1.165, 1.54) is 11.1 Å². The number of carbonyl (C=O) groups excluding carboxylic acids is 1. The van der Waals surface area contributed by atoms with E-state index in [9.17, 15) is 10.1 Å². The smallest absolute Gasteiger partial charge is 0.253 e. The lowest BCUT2D eigenvalue weighted by atomic mass is 10.0. The molecule has 1 saturated heterocycles. The van der Waals surface area contributed by atoms with Crippen molar-refractivity contribution >= 4 is 17.5 Å². The number of hydrogen-bond donors (Lipinski definition) is 2. The van der Waals surface area contributed by atoms with Gasteiger partial charge >= 0.3 is 0 Å². The lowest BCUT2D eigenvalue weighted by molar-refractivity contribution is 0.0927. The van der Waals surface area contributed by atoms with Gasteiger partial charge in [-0.25, -0.2) is 0 Å². The molecule has 8 heteroatoms. The van der Waals surface area contributed by atoms with Gasteiger partial charge in [0.05, 0.1) is 28.8 Å². The number of amides is 1. The maximum absolute atomic E-state index is 13.7. The number of hydrogen-bond acceptors (Lipinski definition) is 6. The van der Waals surface area contributed by atoms with Crippen LogP contribution in [0.5, 0.6) is 0 Å². The van der Waals surface area contributed by atoms with Crippen molar-refractivity contribution in [2.75, 3.05) is 39.8 Å². The summed E-state index contributed by atoms with van der Waals surface area (Å²) in [7, 11) is 2.15. The van der Waals surface area contributed by atoms with Crippen LogP contribution in [0.15, 0.2) is 83.3 Å². The van der Waals surface area contributed by atoms with Gasteiger partial charge in [-0.15, -0.1) is 0 Å². The predicted molar refractivity (Wildman–Crippen MR) is 180 cm³/mol. The number of nitrogens with zero attached hydrogens (tertiary/aromatic N) is 3. The Morgan fingerprint density at radius 2 is 1.73 bits per heavy atom. The summed E-state index contributed by atoms with van der Waals surface area (Å²) in [5.74, 6) is 1.29. The Kier molecular flexibility index (Phi) is 11.1. The van der Waals surface area contributed by atoms with Gasteiger partial charge in [0.2, 0.25) is 0 Å². The van der Waals surface area contributed by atoms with E-state index >= 15 is 0 Å². The van der Waals surface area contributed by atoms with Gasteiger partial charge in [0.1, 0.15) is 11.5 Å². The van der Waals surface area contributed by atoms with Crippen molar-refractivity contribution in [3.63, 3.8) is 0 Å². The van der Waals surface area contributed by atoms with Crippen molar-refractivity contribution in [2.45, 2.75) is 45.3 Å². The molecule has 1 aliphatic heterocycles. The second-order valence-electron chi connectivity index (χ2n) is 12.1. The summed E-state index contributed by atoms with van der Waals surface area (Å²) in [5.41, 5.74) is 5.38. The van der Waals surface area contributed by atoms with Crippen molar-refractivity contribution in [3.8, 4) is 17.4 Å². The van der Waals surface area contributed by atoms with Crippen LogP contribution in [0.1, 0.15) is 57.8 Å². The third-order valence-corrected chi connectivity index (χ3v) is 8.94. The van der Waals surface area contributed by atoms with Gasteiger partial charge in [-0.3, -0.25) is 4.79 Å². The standard InChI is InChI=1S/C37H42ClN5O2/c1-26-4-10-30(11-5-26)27(2)40-25-33-13-15-36(45-33)31-12-14-35(38)34(23-31)37(44)41-32(16-17-43-20-18-42(3)19-21-43)22-28-6-8-29(24-39)9-7-28/h4-15,23,27,32,40H,16-22,25H2,1-3H3,(H,41,44)/t27?,32-/m0/s1. The maximum Gasteiger partial charge on any atom is 0.253 e. The Labute approximate surface area is 271 Å². The summed E-state index contributed by atoms with van der Waals surface area (Å²) < 4.78 is 6.17. The number of carbonyl (C=O) groups is 1. The van der Waals surface area contributed by atoms with E-state index in [2.05, 4.69) is 71.7 Å². The Bertz CT molecular complexity index is 1600. The molecule has 2 N–H and O–H groups in total. The molecule has 5 rings (SSSR count). The number of halogens is 1. The van der Waals surface area contributed by atoms with Crippen molar-refractivity contribution in [1.82, 2.24) is 20.4 Å². The number of piperazine rings is 1. The minimum Gasteiger partial charge on any atom is -0.460 e. The Hall–Kier alpha value is -3.93. The third-order valence-electron chi connectivity index (χ3n) is 8.61. The van der Waals surface area contributed by atoms with Crippen molar-refractivity contribution in [1.29, 1.82) is 5.26 Å². The first-order chi connectivity index (χ1) is 21.8. The molecule has 1 amide bonds. The average Bonchev–Trinajstić information content (AvgIpc) is 3.53. The quantitative estimate of drug-likeness (QED) is 0.185. The molecule has 1 aromatic heterocycles.